The molecule has 2 aromatic rings. The highest BCUT2D eigenvalue weighted by Crippen LogP contribution is 2.33. The zero-order valence-corrected chi connectivity index (χ0v) is 11.8. The minimum Gasteiger partial charge on any atom is -0.468 e. The lowest BCUT2D eigenvalue weighted by molar-refractivity contribution is -0.140. The summed E-state index contributed by atoms with van der Waals surface area (Å²) in [5.41, 5.74) is 0.710. The summed E-state index contributed by atoms with van der Waals surface area (Å²) in [5, 5.41) is 1.64. The number of carbonyl (C=O) groups is 3. The highest BCUT2D eigenvalue weighted by molar-refractivity contribution is 6.38. The topological polar surface area (TPSA) is 63.7 Å². The number of hydrogen-bond donors (Lipinski definition) is 0. The Morgan fingerprint density at radius 2 is 1.81 bits per heavy atom. The average Bonchev–Trinajstić information content (AvgIpc) is 2.50. The van der Waals surface area contributed by atoms with E-state index in [0.29, 0.717) is 26.9 Å². The van der Waals surface area contributed by atoms with Crippen LogP contribution in [0.5, 0.6) is 0 Å². The Labute approximate surface area is 125 Å². The molecule has 3 rings (SSSR count). The van der Waals surface area contributed by atoms with Gasteiger partial charge in [0.25, 0.3) is 11.8 Å². The first kappa shape index (κ1) is 13.6. The molecule has 0 atom stereocenters. The van der Waals surface area contributed by atoms with E-state index < -0.39 is 24.3 Å². The molecule has 1 aliphatic rings. The zero-order valence-electron chi connectivity index (χ0n) is 11.1. The summed E-state index contributed by atoms with van der Waals surface area (Å²) in [7, 11) is 1.20. The molecule has 0 N–H and O–H groups in total. The lowest BCUT2D eigenvalue weighted by Crippen LogP contribution is -2.43. The van der Waals surface area contributed by atoms with E-state index in [9.17, 15) is 14.4 Å². The maximum absolute atomic E-state index is 12.4. The van der Waals surface area contributed by atoms with Crippen LogP contribution in [-0.2, 0) is 9.53 Å². The number of ether oxygens (including phenoxy) is 1. The van der Waals surface area contributed by atoms with Gasteiger partial charge in [0.15, 0.2) is 0 Å². The molecule has 1 heterocycles. The number of imide groups is 1. The fraction of sp³-hybridized carbons (Fsp3) is 0.133. The standard InChI is InChI=1S/C15H10ClNO4/c1-21-12(18)7-17-14(19)9-4-2-3-8-11(16)6-5-10(13(8)9)15(17)20/h2-6H,7H2,1H3. The average molecular weight is 304 g/mol. The van der Waals surface area contributed by atoms with Crippen molar-refractivity contribution in [2.45, 2.75) is 0 Å². The number of nitrogens with zero attached hydrogens (tertiary/aromatic N) is 1. The number of rotatable bonds is 2. The van der Waals surface area contributed by atoms with E-state index in [1.165, 1.54) is 7.11 Å². The van der Waals surface area contributed by atoms with Gasteiger partial charge >= 0.3 is 5.97 Å². The fourth-order valence-electron chi connectivity index (χ4n) is 2.45. The number of esters is 1. The summed E-state index contributed by atoms with van der Waals surface area (Å²) in [6, 6.07) is 8.22. The van der Waals surface area contributed by atoms with Gasteiger partial charge in [-0.15, -0.1) is 0 Å². The van der Waals surface area contributed by atoms with Crippen molar-refractivity contribution in [3.63, 3.8) is 0 Å². The SMILES string of the molecule is COC(=O)CN1C(=O)c2cccc3c(Cl)ccc(c23)C1=O. The summed E-state index contributed by atoms with van der Waals surface area (Å²) < 4.78 is 4.52. The summed E-state index contributed by atoms with van der Waals surface area (Å²) in [5.74, 6) is -1.70. The third kappa shape index (κ3) is 1.97. The van der Waals surface area contributed by atoms with Crippen molar-refractivity contribution in [3.8, 4) is 0 Å². The Morgan fingerprint density at radius 1 is 1.14 bits per heavy atom. The van der Waals surface area contributed by atoms with Crippen LogP contribution >= 0.6 is 11.6 Å². The minimum atomic E-state index is -0.652. The Bertz CT molecular complexity index is 777. The van der Waals surface area contributed by atoms with E-state index in [4.69, 9.17) is 11.6 Å². The largest absolute Gasteiger partial charge is 0.468 e. The van der Waals surface area contributed by atoms with Gasteiger partial charge in [0.2, 0.25) is 0 Å². The van der Waals surface area contributed by atoms with Crippen LogP contribution in [0.1, 0.15) is 20.7 Å². The van der Waals surface area contributed by atoms with Gasteiger partial charge in [0, 0.05) is 26.9 Å². The van der Waals surface area contributed by atoms with Gasteiger partial charge in [-0.25, -0.2) is 0 Å². The fourth-order valence-corrected chi connectivity index (χ4v) is 2.67. The quantitative estimate of drug-likeness (QED) is 0.630. The molecular weight excluding hydrogens is 294 g/mol. The normalized spacial score (nSPS) is 13.7. The van der Waals surface area contributed by atoms with Crippen LogP contribution in [0.4, 0.5) is 0 Å². The number of carbonyl (C=O) groups excluding carboxylic acids is 3. The summed E-state index contributed by atoms with van der Waals surface area (Å²) in [6.07, 6.45) is 0. The molecule has 0 fully saturated rings. The Hall–Kier alpha value is -2.40. The smallest absolute Gasteiger partial charge is 0.325 e. The molecule has 2 aromatic carbocycles. The number of benzene rings is 2. The van der Waals surface area contributed by atoms with Crippen molar-refractivity contribution >= 4 is 40.2 Å². The second kappa shape index (κ2) is 4.86. The van der Waals surface area contributed by atoms with Crippen molar-refractivity contribution in [2.24, 2.45) is 0 Å². The second-order valence-corrected chi connectivity index (χ2v) is 5.00. The van der Waals surface area contributed by atoms with Crippen molar-refractivity contribution in [2.75, 3.05) is 13.7 Å². The molecular formula is C15H10ClNO4. The van der Waals surface area contributed by atoms with Crippen LogP contribution in [0.2, 0.25) is 5.02 Å². The molecule has 0 radical (unpaired) electrons. The number of methoxy groups -OCH3 is 1. The molecule has 21 heavy (non-hydrogen) atoms. The van der Waals surface area contributed by atoms with Crippen molar-refractivity contribution in [1.29, 1.82) is 0 Å². The van der Waals surface area contributed by atoms with Gasteiger partial charge < -0.3 is 4.74 Å². The van der Waals surface area contributed by atoms with Gasteiger partial charge in [-0.1, -0.05) is 23.7 Å². The van der Waals surface area contributed by atoms with E-state index >= 15 is 0 Å². The van der Waals surface area contributed by atoms with Crippen LogP contribution in [0.25, 0.3) is 10.8 Å². The molecule has 0 unspecified atom stereocenters. The van der Waals surface area contributed by atoms with E-state index in [1.807, 2.05) is 0 Å². The van der Waals surface area contributed by atoms with E-state index in [0.717, 1.165) is 4.90 Å². The molecule has 106 valence electrons. The second-order valence-electron chi connectivity index (χ2n) is 4.60. The van der Waals surface area contributed by atoms with E-state index in [2.05, 4.69) is 4.74 Å². The monoisotopic (exact) mass is 303 g/mol. The van der Waals surface area contributed by atoms with E-state index in [1.54, 1.807) is 30.3 Å². The molecule has 0 aromatic heterocycles. The minimum absolute atomic E-state index is 0.355. The van der Waals surface area contributed by atoms with Gasteiger partial charge in [-0.3, -0.25) is 19.3 Å². The van der Waals surface area contributed by atoms with Crippen molar-refractivity contribution < 1.29 is 19.1 Å². The first-order chi connectivity index (χ1) is 10.0. The molecule has 6 heteroatoms. The predicted molar refractivity (Wildman–Crippen MR) is 76.3 cm³/mol. The Kier molecular flexibility index (Phi) is 3.14. The van der Waals surface area contributed by atoms with Gasteiger partial charge in [-0.05, 0) is 18.2 Å². The van der Waals surface area contributed by atoms with Crippen molar-refractivity contribution in [1.82, 2.24) is 4.90 Å². The lowest BCUT2D eigenvalue weighted by atomic mass is 9.94. The summed E-state index contributed by atoms with van der Waals surface area (Å²) >= 11 is 6.11. The zero-order chi connectivity index (χ0) is 15.1. The third-order valence-electron chi connectivity index (χ3n) is 3.45. The molecule has 0 saturated carbocycles. The van der Waals surface area contributed by atoms with Crippen LogP contribution in [0.15, 0.2) is 30.3 Å². The van der Waals surface area contributed by atoms with Gasteiger partial charge in [0.05, 0.1) is 7.11 Å². The number of amides is 2. The first-order valence-electron chi connectivity index (χ1n) is 6.19. The number of hydrogen-bond acceptors (Lipinski definition) is 4. The number of halogens is 1. The molecule has 2 amide bonds. The van der Waals surface area contributed by atoms with Crippen LogP contribution in [0.3, 0.4) is 0 Å². The molecule has 0 aliphatic carbocycles. The molecule has 0 bridgehead atoms. The maximum Gasteiger partial charge on any atom is 0.325 e. The van der Waals surface area contributed by atoms with Gasteiger partial charge in [0.1, 0.15) is 6.54 Å². The predicted octanol–water partition coefficient (Wildman–Crippen LogP) is 2.26. The van der Waals surface area contributed by atoms with Crippen LogP contribution < -0.4 is 0 Å². The third-order valence-corrected chi connectivity index (χ3v) is 3.78. The Balaban J connectivity index is 2.22. The Morgan fingerprint density at radius 3 is 2.48 bits per heavy atom. The van der Waals surface area contributed by atoms with Crippen LogP contribution in [0, 0.1) is 0 Å². The first-order valence-corrected chi connectivity index (χ1v) is 6.56. The molecule has 5 nitrogen and oxygen atoms in total. The van der Waals surface area contributed by atoms with Crippen LogP contribution in [-0.4, -0.2) is 36.3 Å². The summed E-state index contributed by atoms with van der Waals surface area (Å²) in [4.78, 5) is 37.1. The summed E-state index contributed by atoms with van der Waals surface area (Å²) in [6.45, 7) is -0.410. The van der Waals surface area contributed by atoms with Crippen molar-refractivity contribution in [3.05, 3.63) is 46.5 Å². The molecule has 0 spiro atoms. The van der Waals surface area contributed by atoms with Gasteiger partial charge in [-0.2, -0.15) is 0 Å². The molecule has 1 aliphatic heterocycles. The molecule has 0 saturated heterocycles. The lowest BCUT2D eigenvalue weighted by Gasteiger charge is -2.26. The highest BCUT2D eigenvalue weighted by atomic mass is 35.5. The maximum atomic E-state index is 12.4. The van der Waals surface area contributed by atoms with E-state index in [-0.39, 0.29) is 0 Å². The highest BCUT2D eigenvalue weighted by Gasteiger charge is 2.34.